The average molecular weight is 223 g/mol. The molecule has 1 fully saturated rings. The van der Waals surface area contributed by atoms with Crippen LogP contribution in [0.15, 0.2) is 18.2 Å². The molecule has 0 bridgehead atoms. The quantitative estimate of drug-likeness (QED) is 0.717. The molecular formula is C12H18FN3. The van der Waals surface area contributed by atoms with Crippen LogP contribution in [-0.4, -0.2) is 37.3 Å². The summed E-state index contributed by atoms with van der Waals surface area (Å²) in [5.74, 6) is 1.17. The lowest BCUT2D eigenvalue weighted by Gasteiger charge is -2.26. The Morgan fingerprint density at radius 1 is 1.44 bits per heavy atom. The highest BCUT2D eigenvalue weighted by molar-refractivity contribution is 5.37. The smallest absolute Gasteiger partial charge is 0.128 e. The second-order valence-corrected chi connectivity index (χ2v) is 4.52. The highest BCUT2D eigenvalue weighted by atomic mass is 19.2. The van der Waals surface area contributed by atoms with Gasteiger partial charge in [0.05, 0.1) is 0 Å². The van der Waals surface area contributed by atoms with E-state index in [-0.39, 0.29) is 5.92 Å². The van der Waals surface area contributed by atoms with E-state index < -0.39 is 0 Å². The van der Waals surface area contributed by atoms with Gasteiger partial charge in [0.1, 0.15) is 5.82 Å². The Labute approximate surface area is 95.8 Å². The van der Waals surface area contributed by atoms with E-state index in [1.165, 1.54) is 0 Å². The summed E-state index contributed by atoms with van der Waals surface area (Å²) in [6.45, 7) is 1.04. The van der Waals surface area contributed by atoms with Crippen LogP contribution >= 0.6 is 0 Å². The number of nitrogens with zero attached hydrogens (tertiary/aromatic N) is 3. The van der Waals surface area contributed by atoms with Crippen molar-refractivity contribution in [2.24, 2.45) is 0 Å². The molecule has 0 N–H and O–H groups in total. The summed E-state index contributed by atoms with van der Waals surface area (Å²) in [6.07, 6.45) is 1.94. The zero-order valence-electron chi connectivity index (χ0n) is 9.86. The molecule has 4 heteroatoms. The lowest BCUT2D eigenvalue weighted by Crippen LogP contribution is -2.28. The van der Waals surface area contributed by atoms with Gasteiger partial charge in [-0.15, -0.1) is 9.60 Å². The molecule has 1 aromatic rings. The molecule has 1 aliphatic heterocycles. The topological polar surface area (TPSA) is 19.4 Å². The first-order chi connectivity index (χ1) is 7.66. The molecule has 1 aromatic heterocycles. The van der Waals surface area contributed by atoms with Gasteiger partial charge in [0.2, 0.25) is 0 Å². The number of rotatable bonds is 2. The van der Waals surface area contributed by atoms with Crippen LogP contribution in [0.1, 0.15) is 24.5 Å². The number of hydrogen-bond donors (Lipinski definition) is 0. The van der Waals surface area contributed by atoms with Crippen molar-refractivity contribution in [2.75, 3.05) is 32.1 Å². The second kappa shape index (κ2) is 4.78. The maximum atomic E-state index is 13.2. The Bertz CT molecular complexity index is 354. The van der Waals surface area contributed by atoms with Gasteiger partial charge in [-0.1, -0.05) is 6.07 Å². The predicted octanol–water partition coefficient (Wildman–Crippen LogP) is 2.21. The standard InChI is InChI=1S/C12H18FN3/c1-15(2)12-7-3-6-11(14-12)10-5-4-8-16(13)9-10/h3,6-7,10H,4-5,8-9H2,1-2H3. The summed E-state index contributed by atoms with van der Waals surface area (Å²) in [5, 5.41) is 0.901. The van der Waals surface area contributed by atoms with Gasteiger partial charge in [0.15, 0.2) is 0 Å². The van der Waals surface area contributed by atoms with Crippen LogP contribution in [0.2, 0.25) is 0 Å². The van der Waals surface area contributed by atoms with Crippen molar-refractivity contribution < 1.29 is 4.48 Å². The van der Waals surface area contributed by atoms with Crippen LogP contribution in [-0.2, 0) is 0 Å². The summed E-state index contributed by atoms with van der Waals surface area (Å²) in [4.78, 5) is 6.53. The minimum Gasteiger partial charge on any atom is -0.363 e. The summed E-state index contributed by atoms with van der Waals surface area (Å²) < 4.78 is 13.2. The Kier molecular flexibility index (Phi) is 3.39. The zero-order chi connectivity index (χ0) is 11.5. The van der Waals surface area contributed by atoms with Gasteiger partial charge in [-0.3, -0.25) is 0 Å². The van der Waals surface area contributed by atoms with E-state index in [0.717, 1.165) is 29.5 Å². The number of aromatic nitrogens is 1. The Hall–Kier alpha value is -1.16. The Morgan fingerprint density at radius 2 is 2.25 bits per heavy atom. The van der Waals surface area contributed by atoms with Gasteiger partial charge in [0.25, 0.3) is 0 Å². The summed E-state index contributed by atoms with van der Waals surface area (Å²) in [7, 11) is 3.93. The fourth-order valence-corrected chi connectivity index (χ4v) is 2.09. The van der Waals surface area contributed by atoms with Crippen LogP contribution in [0.5, 0.6) is 0 Å². The van der Waals surface area contributed by atoms with E-state index in [0.29, 0.717) is 13.1 Å². The molecule has 0 spiro atoms. The number of anilines is 1. The summed E-state index contributed by atoms with van der Waals surface area (Å²) >= 11 is 0. The van der Waals surface area contributed by atoms with Crippen molar-refractivity contribution in [1.82, 2.24) is 10.1 Å². The minimum atomic E-state index is 0.235. The molecular weight excluding hydrogens is 205 g/mol. The summed E-state index contributed by atoms with van der Waals surface area (Å²) in [5.41, 5.74) is 1.01. The van der Waals surface area contributed by atoms with Crippen LogP contribution in [0, 0.1) is 0 Å². The first-order valence-electron chi connectivity index (χ1n) is 5.72. The molecule has 88 valence electrons. The van der Waals surface area contributed by atoms with Crippen molar-refractivity contribution in [3.05, 3.63) is 23.9 Å². The zero-order valence-corrected chi connectivity index (χ0v) is 9.86. The SMILES string of the molecule is CN(C)c1cccc(C2CCCN(F)C2)n1. The third-order valence-corrected chi connectivity index (χ3v) is 3.00. The first kappa shape index (κ1) is 11.3. The number of halogens is 1. The fraction of sp³-hybridized carbons (Fsp3) is 0.583. The van der Waals surface area contributed by atoms with Gasteiger partial charge in [0, 0.05) is 38.8 Å². The minimum absolute atomic E-state index is 0.235. The first-order valence-corrected chi connectivity index (χ1v) is 5.72. The molecule has 0 saturated carbocycles. The predicted molar refractivity (Wildman–Crippen MR) is 63.2 cm³/mol. The summed E-state index contributed by atoms with van der Waals surface area (Å²) in [6, 6.07) is 5.96. The van der Waals surface area contributed by atoms with Crippen molar-refractivity contribution in [3.8, 4) is 0 Å². The van der Waals surface area contributed by atoms with Crippen LogP contribution in [0.4, 0.5) is 10.3 Å². The van der Waals surface area contributed by atoms with Crippen molar-refractivity contribution in [2.45, 2.75) is 18.8 Å². The van der Waals surface area contributed by atoms with Gasteiger partial charge in [-0.25, -0.2) is 4.98 Å². The monoisotopic (exact) mass is 223 g/mol. The molecule has 1 atom stereocenters. The molecule has 3 nitrogen and oxygen atoms in total. The van der Waals surface area contributed by atoms with Gasteiger partial charge >= 0.3 is 0 Å². The Balaban J connectivity index is 2.16. The molecule has 0 amide bonds. The Morgan fingerprint density at radius 3 is 2.94 bits per heavy atom. The molecule has 2 heterocycles. The average Bonchev–Trinajstić information content (AvgIpc) is 2.29. The largest absolute Gasteiger partial charge is 0.363 e. The molecule has 0 radical (unpaired) electrons. The third-order valence-electron chi connectivity index (χ3n) is 3.00. The van der Waals surface area contributed by atoms with Crippen molar-refractivity contribution >= 4 is 5.82 Å². The normalized spacial score (nSPS) is 22.1. The van der Waals surface area contributed by atoms with E-state index in [1.807, 2.05) is 37.2 Å². The van der Waals surface area contributed by atoms with Gasteiger partial charge in [-0.05, 0) is 25.0 Å². The van der Waals surface area contributed by atoms with Crippen LogP contribution < -0.4 is 4.90 Å². The van der Waals surface area contributed by atoms with E-state index in [4.69, 9.17) is 0 Å². The molecule has 2 rings (SSSR count). The third kappa shape index (κ3) is 2.50. The van der Waals surface area contributed by atoms with E-state index in [2.05, 4.69) is 4.98 Å². The van der Waals surface area contributed by atoms with E-state index in [9.17, 15) is 4.48 Å². The highest BCUT2D eigenvalue weighted by Crippen LogP contribution is 2.26. The van der Waals surface area contributed by atoms with Gasteiger partial charge in [-0.2, -0.15) is 0 Å². The number of pyridine rings is 1. The molecule has 1 saturated heterocycles. The molecule has 0 aliphatic carbocycles. The number of piperidine rings is 1. The molecule has 0 aromatic carbocycles. The maximum Gasteiger partial charge on any atom is 0.128 e. The van der Waals surface area contributed by atoms with Crippen LogP contribution in [0.3, 0.4) is 0 Å². The fourth-order valence-electron chi connectivity index (χ4n) is 2.09. The van der Waals surface area contributed by atoms with Crippen LogP contribution in [0.25, 0.3) is 0 Å². The number of hydrogen-bond acceptors (Lipinski definition) is 3. The van der Waals surface area contributed by atoms with Crippen molar-refractivity contribution in [3.63, 3.8) is 0 Å². The second-order valence-electron chi connectivity index (χ2n) is 4.52. The van der Waals surface area contributed by atoms with Crippen molar-refractivity contribution in [1.29, 1.82) is 0 Å². The highest BCUT2D eigenvalue weighted by Gasteiger charge is 2.22. The molecule has 16 heavy (non-hydrogen) atoms. The lowest BCUT2D eigenvalue weighted by molar-refractivity contribution is -0.00277. The van der Waals surface area contributed by atoms with E-state index in [1.54, 1.807) is 0 Å². The lowest BCUT2D eigenvalue weighted by atomic mass is 9.95. The van der Waals surface area contributed by atoms with E-state index >= 15 is 0 Å². The maximum absolute atomic E-state index is 13.2. The molecule has 1 aliphatic rings. The van der Waals surface area contributed by atoms with Gasteiger partial charge < -0.3 is 4.90 Å². The molecule has 1 unspecified atom stereocenters.